The van der Waals surface area contributed by atoms with Crippen molar-refractivity contribution in [1.82, 2.24) is 4.90 Å². The van der Waals surface area contributed by atoms with Crippen molar-refractivity contribution >= 4 is 29.5 Å². The Balaban J connectivity index is 1.31. The van der Waals surface area contributed by atoms with E-state index in [2.05, 4.69) is 0 Å². The minimum Gasteiger partial charge on any atom is -0.451 e. The zero-order valence-electron chi connectivity index (χ0n) is 23.1. The molecule has 220 valence electrons. The highest BCUT2D eigenvalue weighted by atomic mass is 19.4. The molecular formula is C35H25F3N2O4. The van der Waals surface area contributed by atoms with Crippen LogP contribution in [0.4, 0.5) is 18.9 Å². The van der Waals surface area contributed by atoms with Gasteiger partial charge in [-0.05, 0) is 46.5 Å². The lowest BCUT2D eigenvalue weighted by atomic mass is 9.84. The molecule has 7 rings (SSSR count). The van der Waals surface area contributed by atoms with Crippen molar-refractivity contribution in [3.63, 3.8) is 0 Å². The molecule has 3 heterocycles. The van der Waals surface area contributed by atoms with E-state index in [1.54, 1.807) is 11.1 Å². The van der Waals surface area contributed by atoms with Gasteiger partial charge in [-0.2, -0.15) is 13.2 Å². The molecule has 0 N–H and O–H groups in total. The Bertz CT molecular complexity index is 1750. The molecule has 2 amide bonds. The number of nitrogens with zero attached hydrogens (tertiary/aromatic N) is 2. The van der Waals surface area contributed by atoms with Crippen LogP contribution in [0.25, 0.3) is 6.08 Å². The molecule has 6 nitrogen and oxygen atoms in total. The summed E-state index contributed by atoms with van der Waals surface area (Å²) in [7, 11) is 0. The Labute approximate surface area is 251 Å². The molecule has 9 heteroatoms. The fourth-order valence-corrected chi connectivity index (χ4v) is 6.67. The molecule has 44 heavy (non-hydrogen) atoms. The Morgan fingerprint density at radius 2 is 1.36 bits per heavy atom. The van der Waals surface area contributed by atoms with Crippen LogP contribution in [-0.4, -0.2) is 28.7 Å². The third-order valence-corrected chi connectivity index (χ3v) is 8.57. The van der Waals surface area contributed by atoms with E-state index >= 15 is 0 Å². The van der Waals surface area contributed by atoms with Gasteiger partial charge in [0.15, 0.2) is 6.10 Å². The predicted octanol–water partition coefficient (Wildman–Crippen LogP) is 6.55. The molecule has 4 aromatic rings. The Morgan fingerprint density at radius 1 is 0.750 bits per heavy atom. The number of benzene rings is 4. The fourth-order valence-electron chi connectivity index (χ4n) is 6.67. The minimum atomic E-state index is -4.67. The largest absolute Gasteiger partial charge is 0.451 e. The summed E-state index contributed by atoms with van der Waals surface area (Å²) < 4.78 is 46.9. The second kappa shape index (κ2) is 10.5. The number of alkyl halides is 3. The number of carbonyl (C=O) groups is 3. The highest BCUT2D eigenvalue weighted by molar-refractivity contribution is 6.24. The van der Waals surface area contributed by atoms with E-state index in [4.69, 9.17) is 4.74 Å². The van der Waals surface area contributed by atoms with E-state index < -0.39 is 59.5 Å². The number of hydrogen-bond acceptors (Lipinski definition) is 5. The number of ether oxygens (including phenoxy) is 1. The maximum Gasteiger partial charge on any atom is 0.416 e. The van der Waals surface area contributed by atoms with Gasteiger partial charge in [-0.25, -0.2) is 9.69 Å². The number of amides is 2. The molecule has 0 saturated carbocycles. The second-order valence-corrected chi connectivity index (χ2v) is 11.0. The molecular weight excluding hydrogens is 569 g/mol. The first kappa shape index (κ1) is 27.6. The maximum atomic E-state index is 14.3. The molecule has 0 radical (unpaired) electrons. The Kier molecular flexibility index (Phi) is 6.61. The smallest absolute Gasteiger partial charge is 0.416 e. The van der Waals surface area contributed by atoms with Crippen molar-refractivity contribution in [2.75, 3.05) is 4.90 Å². The molecule has 3 aliphatic heterocycles. The summed E-state index contributed by atoms with van der Waals surface area (Å²) in [4.78, 5) is 45.0. The van der Waals surface area contributed by atoms with Crippen LogP contribution >= 0.6 is 0 Å². The van der Waals surface area contributed by atoms with Crippen molar-refractivity contribution in [3.05, 3.63) is 143 Å². The van der Waals surface area contributed by atoms with Crippen molar-refractivity contribution < 1.29 is 32.3 Å². The minimum absolute atomic E-state index is 0.186. The van der Waals surface area contributed by atoms with E-state index in [-0.39, 0.29) is 5.69 Å². The maximum absolute atomic E-state index is 14.3. The summed E-state index contributed by atoms with van der Waals surface area (Å²) in [5.41, 5.74) is 1.84. The van der Waals surface area contributed by atoms with Crippen molar-refractivity contribution in [3.8, 4) is 0 Å². The van der Waals surface area contributed by atoms with Gasteiger partial charge in [-0.15, -0.1) is 0 Å². The van der Waals surface area contributed by atoms with Gasteiger partial charge in [0, 0.05) is 6.20 Å². The van der Waals surface area contributed by atoms with Crippen LogP contribution in [0, 0.1) is 11.8 Å². The Morgan fingerprint density at radius 3 is 2.02 bits per heavy atom. The third kappa shape index (κ3) is 4.47. The zero-order chi connectivity index (χ0) is 30.6. The summed E-state index contributed by atoms with van der Waals surface area (Å²) in [6, 6.07) is 28.0. The monoisotopic (exact) mass is 594 g/mol. The van der Waals surface area contributed by atoms with Gasteiger partial charge in [0.2, 0.25) is 11.8 Å². The van der Waals surface area contributed by atoms with E-state index in [1.807, 2.05) is 91.0 Å². The van der Waals surface area contributed by atoms with Gasteiger partial charge < -0.3 is 9.64 Å². The predicted molar refractivity (Wildman–Crippen MR) is 156 cm³/mol. The average molecular weight is 595 g/mol. The van der Waals surface area contributed by atoms with Crippen molar-refractivity contribution in [2.45, 2.75) is 24.4 Å². The summed E-state index contributed by atoms with van der Waals surface area (Å²) in [6.45, 7) is 0. The molecule has 0 aromatic heterocycles. The van der Waals surface area contributed by atoms with Gasteiger partial charge >= 0.3 is 12.1 Å². The van der Waals surface area contributed by atoms with Gasteiger partial charge in [0.1, 0.15) is 6.04 Å². The van der Waals surface area contributed by atoms with Crippen LogP contribution in [0.5, 0.6) is 0 Å². The van der Waals surface area contributed by atoms with Crippen LogP contribution in [0.3, 0.4) is 0 Å². The summed E-state index contributed by atoms with van der Waals surface area (Å²) >= 11 is 0. The highest BCUT2D eigenvalue weighted by Gasteiger charge is 2.65. The summed E-state index contributed by atoms with van der Waals surface area (Å²) in [5, 5.41) is 0. The lowest BCUT2D eigenvalue weighted by Crippen LogP contribution is -2.45. The Hall–Kier alpha value is -5.18. The van der Waals surface area contributed by atoms with Gasteiger partial charge in [0.25, 0.3) is 0 Å². The number of hydrogen-bond donors (Lipinski definition) is 0. The number of rotatable bonds is 5. The van der Waals surface area contributed by atoms with Crippen LogP contribution in [0.2, 0.25) is 0 Å². The van der Waals surface area contributed by atoms with E-state index in [1.165, 1.54) is 6.07 Å². The van der Waals surface area contributed by atoms with Crippen LogP contribution in [0.15, 0.2) is 115 Å². The zero-order valence-corrected chi connectivity index (χ0v) is 23.1. The molecule has 4 unspecified atom stereocenters. The highest BCUT2D eigenvalue weighted by Crippen LogP contribution is 2.54. The molecule has 3 aliphatic rings. The molecule has 0 spiro atoms. The summed E-state index contributed by atoms with van der Waals surface area (Å²) in [5.74, 6) is -4.31. The quantitative estimate of drug-likeness (QED) is 0.194. The van der Waals surface area contributed by atoms with Crippen LogP contribution in [-0.2, 0) is 25.3 Å². The standard InChI is InChI=1S/C35H25F3N2O4/c36-35(37,38)24-15-9-16-25(20-24)40-32(41)27-28(33(40)42)30(39-19-18-21-10-7-8-17-26(21)29(27)39)34(43)44-31(22-11-3-1-4-12-22)23-13-5-2-6-14-23/h1-20,27-31H. The summed E-state index contributed by atoms with van der Waals surface area (Å²) in [6.07, 6.45) is -1.95. The molecule has 2 saturated heterocycles. The molecule has 0 bridgehead atoms. The first-order valence-corrected chi connectivity index (χ1v) is 14.1. The number of esters is 1. The van der Waals surface area contributed by atoms with E-state index in [0.717, 1.165) is 45.4 Å². The van der Waals surface area contributed by atoms with Crippen molar-refractivity contribution in [2.24, 2.45) is 11.8 Å². The number of halogens is 3. The molecule has 0 aliphatic carbocycles. The lowest BCUT2D eigenvalue weighted by Gasteiger charge is -2.35. The number of anilines is 1. The average Bonchev–Trinajstić information content (AvgIpc) is 3.52. The first-order chi connectivity index (χ1) is 21.2. The van der Waals surface area contributed by atoms with Gasteiger partial charge in [0.05, 0.1) is 29.1 Å². The van der Waals surface area contributed by atoms with E-state index in [9.17, 15) is 27.6 Å². The SMILES string of the molecule is O=C(OC(c1ccccc1)c1ccccc1)C1C2C(=O)N(c3cccc(C(F)(F)F)c3)C(=O)C2C2c3ccccc3C=CN12. The molecule has 2 fully saturated rings. The topological polar surface area (TPSA) is 66.9 Å². The number of fused-ring (bicyclic) bond motifs is 5. The van der Waals surface area contributed by atoms with Gasteiger partial charge in [-0.1, -0.05) is 91.0 Å². The lowest BCUT2D eigenvalue weighted by molar-refractivity contribution is -0.155. The number of imide groups is 1. The van der Waals surface area contributed by atoms with Crippen LogP contribution in [0.1, 0.15) is 40.0 Å². The molecule has 4 aromatic carbocycles. The first-order valence-electron chi connectivity index (χ1n) is 14.1. The van der Waals surface area contributed by atoms with E-state index in [0.29, 0.717) is 0 Å². The normalized spacial score (nSPS) is 22.2. The fraction of sp³-hybridized carbons (Fsp3) is 0.171. The third-order valence-electron chi connectivity index (χ3n) is 8.57. The van der Waals surface area contributed by atoms with Gasteiger partial charge in [-0.3, -0.25) is 9.59 Å². The van der Waals surface area contributed by atoms with Crippen LogP contribution < -0.4 is 4.90 Å². The number of carbonyl (C=O) groups excluding carboxylic acids is 3. The van der Waals surface area contributed by atoms with Crippen molar-refractivity contribution in [1.29, 1.82) is 0 Å². The molecule has 4 atom stereocenters. The second-order valence-electron chi connectivity index (χ2n) is 11.0.